The van der Waals surface area contributed by atoms with Crippen LogP contribution in [0.2, 0.25) is 0 Å². The Hall–Kier alpha value is -9.54. The predicted octanol–water partition coefficient (Wildman–Crippen LogP) is -2.80. The number of aromatic hydroxyl groups is 2. The number of carboxylic acid groups (broad SMARTS) is 4. The van der Waals surface area contributed by atoms with E-state index in [9.17, 15) is 103 Å². The fourth-order valence-corrected chi connectivity index (χ4v) is 10.6. The summed E-state index contributed by atoms with van der Waals surface area (Å²) >= 11 is 0. The molecule has 34 heteroatoms. The van der Waals surface area contributed by atoms with Crippen LogP contribution in [0.1, 0.15) is 135 Å². The minimum absolute atomic E-state index is 0.00596. The maximum Gasteiger partial charge on any atom is 0.326 e. The lowest BCUT2D eigenvalue weighted by Crippen LogP contribution is -2.62. The maximum absolute atomic E-state index is 14.5. The van der Waals surface area contributed by atoms with Gasteiger partial charge in [0.2, 0.25) is 59.1 Å². The Morgan fingerprint density at radius 3 is 1.35 bits per heavy atom. The average molecular weight is 1380 g/mol. The van der Waals surface area contributed by atoms with Crippen LogP contribution in [0.4, 0.5) is 0 Å². The van der Waals surface area contributed by atoms with Gasteiger partial charge in [-0.15, -0.1) is 0 Å². The van der Waals surface area contributed by atoms with E-state index in [0.717, 1.165) is 0 Å². The van der Waals surface area contributed by atoms with Crippen LogP contribution >= 0.6 is 0 Å². The highest BCUT2D eigenvalue weighted by molar-refractivity contribution is 6.00. The molecule has 98 heavy (non-hydrogen) atoms. The molecule has 10 amide bonds. The van der Waals surface area contributed by atoms with Gasteiger partial charge in [0, 0.05) is 25.8 Å². The number of carboxylic acids is 4. The van der Waals surface area contributed by atoms with Crippen molar-refractivity contribution in [3.05, 3.63) is 59.7 Å². The number of carbonyl (C=O) groups excluding carboxylic acids is 10. The molecule has 1 aliphatic heterocycles. The standard InChI is InChI=1S/C64H97N13O21/c1-5-35(4)53(62(95)71-42(12-7-9-27-66)55(88)68-41(11-6-8-26-65)54(87)69-43(22-24-50(81)82)56(89)74-47(64(97)98)31-37-16-20-39(80)21-17-37)76-57(90)44(23-25-51(83)84)70-60(93)48(33-78)75-58(91)45(29-34(2)3)72-59(92)46(32-52(85)86)73-61(94)49-13-10-28-77(49)63(96)40(67)30-36-14-18-38(79)19-15-36/h14-21,34-35,40-49,53,78-80H,5-13,22-33,65-67H2,1-4H3,(H,68,88)(H,69,87)(H,70,93)(H,71,95)(H,72,92)(H,73,94)(H,74,89)(H,75,91)(H,76,90)(H,81,82)(H,83,84)(H,85,86)(H,97,98)/t35-,40-,41-,42-,43-,44-,45-,46-,47-,48-,49-,53-/m0/s1. The van der Waals surface area contributed by atoms with Crippen molar-refractivity contribution in [2.75, 3.05) is 26.2 Å². The highest BCUT2D eigenvalue weighted by Gasteiger charge is 2.40. The molecule has 0 saturated carbocycles. The van der Waals surface area contributed by atoms with Crippen LogP contribution in [-0.4, -0.2) is 216 Å². The third-order valence-corrected chi connectivity index (χ3v) is 16.2. The zero-order valence-electron chi connectivity index (χ0n) is 55.5. The maximum atomic E-state index is 14.5. The number of hydrogen-bond acceptors (Lipinski definition) is 20. The summed E-state index contributed by atoms with van der Waals surface area (Å²) < 4.78 is 0. The van der Waals surface area contributed by atoms with Crippen molar-refractivity contribution in [1.29, 1.82) is 0 Å². The Balaban J connectivity index is 1.85. The van der Waals surface area contributed by atoms with Crippen LogP contribution in [-0.2, 0) is 80.0 Å². The van der Waals surface area contributed by atoms with Gasteiger partial charge < -0.3 is 106 Å². The summed E-state index contributed by atoms with van der Waals surface area (Å²) in [6.45, 7) is 5.77. The number of aliphatic hydroxyl groups excluding tert-OH is 1. The number of hydrogen-bond donors (Lipinski definition) is 19. The van der Waals surface area contributed by atoms with E-state index >= 15 is 0 Å². The van der Waals surface area contributed by atoms with Gasteiger partial charge in [-0.2, -0.15) is 0 Å². The zero-order valence-corrected chi connectivity index (χ0v) is 55.5. The number of aliphatic hydroxyl groups is 1. The van der Waals surface area contributed by atoms with E-state index in [2.05, 4.69) is 47.9 Å². The van der Waals surface area contributed by atoms with Gasteiger partial charge >= 0.3 is 23.9 Å². The normalized spacial score (nSPS) is 16.1. The number of benzene rings is 2. The van der Waals surface area contributed by atoms with Crippen LogP contribution in [0.15, 0.2) is 48.5 Å². The lowest BCUT2D eigenvalue weighted by molar-refractivity contribution is -0.143. The molecule has 544 valence electrons. The van der Waals surface area contributed by atoms with E-state index in [0.29, 0.717) is 30.4 Å². The largest absolute Gasteiger partial charge is 0.508 e. The Morgan fingerprint density at radius 1 is 0.500 bits per heavy atom. The highest BCUT2D eigenvalue weighted by atomic mass is 16.4. The van der Waals surface area contributed by atoms with Crippen LogP contribution in [0.3, 0.4) is 0 Å². The van der Waals surface area contributed by atoms with Gasteiger partial charge in [-0.25, -0.2) is 4.79 Å². The Morgan fingerprint density at radius 2 is 0.908 bits per heavy atom. The first-order valence-electron chi connectivity index (χ1n) is 32.6. The van der Waals surface area contributed by atoms with Crippen molar-refractivity contribution in [1.82, 2.24) is 52.8 Å². The van der Waals surface area contributed by atoms with E-state index in [1.54, 1.807) is 39.8 Å². The van der Waals surface area contributed by atoms with Gasteiger partial charge in [-0.05, 0) is 137 Å². The molecular weight excluding hydrogens is 1290 g/mol. The van der Waals surface area contributed by atoms with Gasteiger partial charge in [0.1, 0.15) is 71.9 Å². The van der Waals surface area contributed by atoms with Gasteiger partial charge in [0.05, 0.1) is 19.1 Å². The van der Waals surface area contributed by atoms with Crippen LogP contribution in [0.25, 0.3) is 0 Å². The number of phenolic OH excluding ortho intramolecular Hbond substituents is 2. The van der Waals surface area contributed by atoms with Gasteiger partial charge in [0.15, 0.2) is 0 Å². The molecule has 0 aromatic heterocycles. The summed E-state index contributed by atoms with van der Waals surface area (Å²) in [6.07, 6.45) is -2.40. The fourth-order valence-electron chi connectivity index (χ4n) is 10.6. The van der Waals surface area contributed by atoms with E-state index < -0.39 is 194 Å². The van der Waals surface area contributed by atoms with Gasteiger partial charge in [-0.1, -0.05) is 58.4 Å². The molecule has 0 aliphatic carbocycles. The van der Waals surface area contributed by atoms with Crippen molar-refractivity contribution in [3.63, 3.8) is 0 Å². The Bertz CT molecular complexity index is 3050. The second-order valence-electron chi connectivity index (χ2n) is 24.6. The number of likely N-dealkylation sites (tertiary alicyclic amines) is 1. The minimum Gasteiger partial charge on any atom is -0.508 e. The van der Waals surface area contributed by atoms with E-state index in [-0.39, 0.29) is 94.8 Å². The van der Waals surface area contributed by atoms with Crippen molar-refractivity contribution < 1.29 is 103 Å². The number of rotatable bonds is 45. The quantitative estimate of drug-likeness (QED) is 0.0298. The summed E-state index contributed by atoms with van der Waals surface area (Å²) in [6, 6.07) is -5.72. The molecule has 3 rings (SSSR count). The van der Waals surface area contributed by atoms with Crippen molar-refractivity contribution >= 4 is 82.9 Å². The molecule has 1 fully saturated rings. The van der Waals surface area contributed by atoms with Crippen LogP contribution in [0.5, 0.6) is 11.5 Å². The Labute approximate surface area is 566 Å². The first-order valence-corrected chi connectivity index (χ1v) is 32.6. The lowest BCUT2D eigenvalue weighted by Gasteiger charge is -2.30. The number of aliphatic carboxylic acids is 4. The number of nitrogens with one attached hydrogen (secondary N) is 9. The summed E-state index contributed by atoms with van der Waals surface area (Å²) in [4.78, 5) is 190. The molecule has 1 heterocycles. The van der Waals surface area contributed by atoms with E-state index in [1.165, 1.54) is 41.3 Å². The van der Waals surface area contributed by atoms with E-state index in [4.69, 9.17) is 17.2 Å². The SMILES string of the molecule is CC[C@H](C)[C@H](NC(=O)[C@H](CCC(=O)O)NC(=O)[C@H](CO)NC(=O)[C@H](CC(C)C)NC(=O)[C@H](CC(=O)O)NC(=O)[C@@H]1CCCN1C(=O)[C@@H](N)Cc1ccc(O)cc1)C(=O)N[C@@H](CCCCN)C(=O)N[C@@H](CCCCN)C(=O)N[C@@H](CCC(=O)O)C(=O)N[C@@H](Cc1ccc(O)cc1)C(=O)O. The molecule has 0 bridgehead atoms. The first kappa shape index (κ1) is 82.7. The average Bonchev–Trinajstić information content (AvgIpc) is 1.75. The molecule has 34 nitrogen and oxygen atoms in total. The van der Waals surface area contributed by atoms with Crippen molar-refractivity contribution in [2.24, 2.45) is 29.0 Å². The molecule has 1 aliphatic rings. The summed E-state index contributed by atoms with van der Waals surface area (Å²) in [5.74, 6) is -17.2. The lowest BCUT2D eigenvalue weighted by atomic mass is 9.96. The molecule has 0 radical (unpaired) electrons. The van der Waals surface area contributed by atoms with Gasteiger partial charge in [-0.3, -0.25) is 62.3 Å². The molecule has 2 aromatic carbocycles. The monoisotopic (exact) mass is 1380 g/mol. The molecule has 0 spiro atoms. The molecule has 1 saturated heterocycles. The predicted molar refractivity (Wildman–Crippen MR) is 349 cm³/mol. The number of carbonyl (C=O) groups is 14. The zero-order chi connectivity index (χ0) is 73.3. The number of amides is 10. The summed E-state index contributed by atoms with van der Waals surface area (Å²) in [7, 11) is 0. The second-order valence-corrected chi connectivity index (χ2v) is 24.6. The molecular formula is C64H97N13O21. The summed E-state index contributed by atoms with van der Waals surface area (Å²) in [5.41, 5.74) is 18.8. The number of nitrogens with two attached hydrogens (primary N) is 3. The third-order valence-electron chi connectivity index (χ3n) is 16.2. The minimum atomic E-state index is -1.92. The topological polar surface area (TPSA) is 570 Å². The first-order chi connectivity index (χ1) is 46.3. The Kier molecular flexibility index (Phi) is 35.6. The third kappa shape index (κ3) is 28.6. The fraction of sp³-hybridized carbons (Fsp3) is 0.594. The summed E-state index contributed by atoms with van der Waals surface area (Å²) in [5, 5.41) is 90.7. The van der Waals surface area contributed by atoms with Crippen molar-refractivity contribution in [3.8, 4) is 11.5 Å². The van der Waals surface area contributed by atoms with E-state index in [1.807, 2.05) is 0 Å². The number of nitrogens with zero attached hydrogens (tertiary/aromatic N) is 1. The number of unbranched alkanes of at least 4 members (excludes halogenated alkanes) is 2. The molecule has 2 aromatic rings. The smallest absolute Gasteiger partial charge is 0.326 e. The second kappa shape index (κ2) is 42.2. The highest BCUT2D eigenvalue weighted by Crippen LogP contribution is 2.22. The molecule has 22 N–H and O–H groups in total. The van der Waals surface area contributed by atoms with Gasteiger partial charge in [0.25, 0.3) is 0 Å². The van der Waals surface area contributed by atoms with Crippen LogP contribution in [0, 0.1) is 11.8 Å². The van der Waals surface area contributed by atoms with Crippen LogP contribution < -0.4 is 65.1 Å². The molecule has 12 atom stereocenters. The molecule has 0 unspecified atom stereocenters. The van der Waals surface area contributed by atoms with Crippen molar-refractivity contribution in [2.45, 2.75) is 203 Å². The number of phenols is 2.